The number of hydrogen-bond donors (Lipinski definition) is 0. The second-order valence-corrected chi connectivity index (χ2v) is 10.4. The fraction of sp³-hybridized carbons (Fsp3) is 0.192. The summed E-state index contributed by atoms with van der Waals surface area (Å²) in [6.45, 7) is 2.04. The Kier molecular flexibility index (Phi) is 7.34. The van der Waals surface area contributed by atoms with Gasteiger partial charge in [0.25, 0.3) is 16.8 Å². The van der Waals surface area contributed by atoms with Crippen molar-refractivity contribution < 1.29 is 23.7 Å². The van der Waals surface area contributed by atoms with Gasteiger partial charge in [0.05, 0.1) is 9.83 Å². The molecule has 12 heteroatoms. The number of furan rings is 1. The summed E-state index contributed by atoms with van der Waals surface area (Å²) >= 11 is 4.07. The van der Waals surface area contributed by atoms with E-state index in [-0.39, 0.29) is 23.0 Å². The molecule has 2 aliphatic rings. The molecule has 0 unspecified atom stereocenters. The largest absolute Gasteiger partial charge is 0.457 e. The highest BCUT2D eigenvalue weighted by atomic mass is 79.9. The maximum Gasteiger partial charge on any atom is 0.294 e. The molecule has 2 fully saturated rings. The minimum absolute atomic E-state index is 0.0614. The molecule has 3 amide bonds. The molecule has 0 saturated carbocycles. The first-order valence-electron chi connectivity index (χ1n) is 11.7. The number of piperazine rings is 1. The molecule has 2 aromatic carbocycles. The van der Waals surface area contributed by atoms with Gasteiger partial charge in [0.2, 0.25) is 5.91 Å². The average molecular weight is 597 g/mol. The predicted molar refractivity (Wildman–Crippen MR) is 146 cm³/mol. The van der Waals surface area contributed by atoms with Gasteiger partial charge in [-0.15, -0.1) is 0 Å². The Bertz CT molecular complexity index is 1450. The lowest BCUT2D eigenvalue weighted by Crippen LogP contribution is -2.51. The van der Waals surface area contributed by atoms with Crippen LogP contribution in [0.2, 0.25) is 0 Å². The number of nitrogens with zero attached hydrogens (tertiary/aromatic N) is 4. The molecule has 0 spiro atoms. The van der Waals surface area contributed by atoms with E-state index in [2.05, 4.69) is 20.8 Å². The number of nitro benzene ring substituents is 1. The molecule has 3 heterocycles. The average Bonchev–Trinajstić information content (AvgIpc) is 3.49. The monoisotopic (exact) mass is 596 g/mol. The first kappa shape index (κ1) is 25.7. The SMILES string of the molecule is O=C(CN1C(=O)S/C(=C/c2ccc(-c3ccc([N+](=O)[O-])cc3Br)o2)C1=O)N1CCN(c2ccccc2)CC1. The van der Waals surface area contributed by atoms with Crippen LogP contribution in [0.15, 0.2) is 74.5 Å². The molecule has 38 heavy (non-hydrogen) atoms. The van der Waals surface area contributed by atoms with E-state index in [9.17, 15) is 24.5 Å². The molecule has 5 rings (SSSR count). The van der Waals surface area contributed by atoms with Gasteiger partial charge in [-0.2, -0.15) is 0 Å². The van der Waals surface area contributed by atoms with Gasteiger partial charge in [0.1, 0.15) is 18.1 Å². The molecule has 3 aromatic rings. The number of imide groups is 1. The second kappa shape index (κ2) is 10.8. The zero-order valence-corrected chi connectivity index (χ0v) is 22.3. The molecule has 2 saturated heterocycles. The van der Waals surface area contributed by atoms with Crippen LogP contribution in [-0.2, 0) is 9.59 Å². The smallest absolute Gasteiger partial charge is 0.294 e. The van der Waals surface area contributed by atoms with Crippen molar-refractivity contribution in [2.75, 3.05) is 37.6 Å². The molecule has 2 aliphatic heterocycles. The van der Waals surface area contributed by atoms with Crippen LogP contribution in [-0.4, -0.2) is 64.5 Å². The van der Waals surface area contributed by atoms with E-state index in [1.807, 2.05) is 30.3 Å². The molecule has 0 aliphatic carbocycles. The number of hydrogen-bond acceptors (Lipinski definition) is 8. The van der Waals surface area contributed by atoms with Gasteiger partial charge >= 0.3 is 0 Å². The summed E-state index contributed by atoms with van der Waals surface area (Å²) in [7, 11) is 0. The fourth-order valence-electron chi connectivity index (χ4n) is 4.25. The minimum atomic E-state index is -0.550. The highest BCUT2D eigenvalue weighted by molar-refractivity contribution is 9.10. The van der Waals surface area contributed by atoms with Crippen molar-refractivity contribution in [3.63, 3.8) is 0 Å². The van der Waals surface area contributed by atoms with Gasteiger partial charge in [0, 0.05) is 60.1 Å². The zero-order chi connectivity index (χ0) is 26.8. The molecule has 0 N–H and O–H groups in total. The van der Waals surface area contributed by atoms with Crippen molar-refractivity contribution in [2.45, 2.75) is 0 Å². The van der Waals surface area contributed by atoms with Crippen LogP contribution in [0.3, 0.4) is 0 Å². The summed E-state index contributed by atoms with van der Waals surface area (Å²) < 4.78 is 6.29. The Hall–Kier alpha value is -3.90. The predicted octanol–water partition coefficient (Wildman–Crippen LogP) is 5.00. The highest BCUT2D eigenvalue weighted by Gasteiger charge is 2.37. The van der Waals surface area contributed by atoms with Gasteiger partial charge in [-0.1, -0.05) is 18.2 Å². The zero-order valence-electron chi connectivity index (χ0n) is 19.9. The molecule has 0 bridgehead atoms. The number of thioether (sulfide) groups is 1. The summed E-state index contributed by atoms with van der Waals surface area (Å²) in [5.74, 6) is -0.0588. The number of anilines is 1. The minimum Gasteiger partial charge on any atom is -0.457 e. The summed E-state index contributed by atoms with van der Waals surface area (Å²) in [4.78, 5) is 53.8. The third kappa shape index (κ3) is 5.36. The number of para-hydroxylation sites is 1. The Labute approximate surface area is 230 Å². The Morgan fingerprint density at radius 1 is 1.05 bits per heavy atom. The number of non-ortho nitro benzene ring substituents is 1. The van der Waals surface area contributed by atoms with Crippen LogP contribution in [0.25, 0.3) is 17.4 Å². The van der Waals surface area contributed by atoms with E-state index in [1.54, 1.807) is 23.1 Å². The van der Waals surface area contributed by atoms with Gasteiger partial charge in [-0.25, -0.2) is 0 Å². The van der Waals surface area contributed by atoms with Gasteiger partial charge in [-0.05, 0) is 58.0 Å². The van der Waals surface area contributed by atoms with Crippen molar-refractivity contribution in [3.8, 4) is 11.3 Å². The number of carbonyl (C=O) groups is 3. The summed E-state index contributed by atoms with van der Waals surface area (Å²) in [5, 5.41) is 10.5. The standard InChI is InChI=1S/C26H21BrN4O6S/c27-21-14-18(31(35)36)6-8-20(21)22-9-7-19(37-22)15-23-25(33)30(26(34)38-23)16-24(32)29-12-10-28(11-13-29)17-4-2-1-3-5-17/h1-9,14-15H,10-13,16H2/b23-15+. The van der Waals surface area contributed by atoms with Gasteiger partial charge in [0.15, 0.2) is 0 Å². The van der Waals surface area contributed by atoms with E-state index in [1.165, 1.54) is 18.2 Å². The highest BCUT2D eigenvalue weighted by Crippen LogP contribution is 2.35. The first-order valence-corrected chi connectivity index (χ1v) is 13.3. The van der Waals surface area contributed by atoms with Crippen molar-refractivity contribution in [2.24, 2.45) is 0 Å². The summed E-state index contributed by atoms with van der Waals surface area (Å²) in [6, 6.07) is 17.5. The van der Waals surface area contributed by atoms with Crippen molar-refractivity contribution in [3.05, 3.63) is 85.9 Å². The fourth-order valence-corrected chi connectivity index (χ4v) is 5.63. The number of carbonyl (C=O) groups excluding carboxylic acids is 3. The van der Waals surface area contributed by atoms with Crippen LogP contribution in [0.5, 0.6) is 0 Å². The van der Waals surface area contributed by atoms with Crippen molar-refractivity contribution in [1.82, 2.24) is 9.80 Å². The lowest BCUT2D eigenvalue weighted by atomic mass is 10.1. The third-order valence-corrected chi connectivity index (χ3v) is 7.81. The molecule has 10 nitrogen and oxygen atoms in total. The summed E-state index contributed by atoms with van der Waals surface area (Å²) in [5.41, 5.74) is 1.63. The maximum absolute atomic E-state index is 12.9. The van der Waals surface area contributed by atoms with Gasteiger partial charge in [-0.3, -0.25) is 29.4 Å². The topological polar surface area (TPSA) is 117 Å². The van der Waals surface area contributed by atoms with Crippen molar-refractivity contribution in [1.29, 1.82) is 0 Å². The number of halogens is 1. The number of amides is 3. The van der Waals surface area contributed by atoms with Gasteiger partial charge < -0.3 is 14.2 Å². The molecular weight excluding hydrogens is 576 g/mol. The number of benzene rings is 2. The molecule has 194 valence electrons. The molecular formula is C26H21BrN4O6S. The Balaban J connectivity index is 1.22. The number of rotatable bonds is 6. The second-order valence-electron chi connectivity index (χ2n) is 8.59. The first-order chi connectivity index (χ1) is 18.3. The van der Waals surface area contributed by atoms with E-state index < -0.39 is 16.1 Å². The lowest BCUT2D eigenvalue weighted by molar-refractivity contribution is -0.384. The summed E-state index contributed by atoms with van der Waals surface area (Å²) in [6.07, 6.45) is 1.46. The van der Waals surface area contributed by atoms with Crippen LogP contribution < -0.4 is 4.90 Å². The molecule has 0 atom stereocenters. The molecule has 0 radical (unpaired) electrons. The van der Waals surface area contributed by atoms with E-state index in [4.69, 9.17) is 4.42 Å². The lowest BCUT2D eigenvalue weighted by Gasteiger charge is -2.36. The van der Waals surface area contributed by atoms with E-state index in [0.29, 0.717) is 47.7 Å². The van der Waals surface area contributed by atoms with Crippen LogP contribution in [0, 0.1) is 10.1 Å². The van der Waals surface area contributed by atoms with E-state index in [0.717, 1.165) is 22.3 Å². The maximum atomic E-state index is 12.9. The number of nitro groups is 1. The van der Waals surface area contributed by atoms with Crippen LogP contribution in [0.1, 0.15) is 5.76 Å². The van der Waals surface area contributed by atoms with Crippen molar-refractivity contribution >= 4 is 62.2 Å². The van der Waals surface area contributed by atoms with Crippen LogP contribution >= 0.6 is 27.7 Å². The normalized spacial score (nSPS) is 17.0. The molecule has 1 aromatic heterocycles. The van der Waals surface area contributed by atoms with Crippen LogP contribution in [0.4, 0.5) is 16.2 Å². The third-order valence-electron chi connectivity index (χ3n) is 6.25. The Morgan fingerprint density at radius 2 is 1.79 bits per heavy atom. The quantitative estimate of drug-likeness (QED) is 0.221. The Morgan fingerprint density at radius 3 is 2.47 bits per heavy atom. The van der Waals surface area contributed by atoms with E-state index >= 15 is 0 Å².